The first-order valence-electron chi connectivity index (χ1n) is 10.1. The van der Waals surface area contributed by atoms with E-state index >= 15 is 0 Å². The van der Waals surface area contributed by atoms with Gasteiger partial charge < -0.3 is 31.5 Å². The summed E-state index contributed by atoms with van der Waals surface area (Å²) in [6.45, 7) is 0.287. The first-order valence-corrected chi connectivity index (χ1v) is 11.3. The Balaban J connectivity index is 1.96. The molecule has 0 bridgehead atoms. The summed E-state index contributed by atoms with van der Waals surface area (Å²) in [7, 11) is 0. The van der Waals surface area contributed by atoms with E-state index in [9.17, 15) is 29.4 Å². The molecule has 0 aliphatic carbocycles. The van der Waals surface area contributed by atoms with E-state index in [-0.39, 0.29) is 30.2 Å². The van der Waals surface area contributed by atoms with Crippen LogP contribution in [0.4, 0.5) is 0 Å². The zero-order chi connectivity index (χ0) is 23.8. The highest BCUT2D eigenvalue weighted by molar-refractivity contribution is 7.80. The molecule has 1 aromatic carbocycles. The van der Waals surface area contributed by atoms with Gasteiger partial charge in [-0.1, -0.05) is 12.1 Å². The van der Waals surface area contributed by atoms with Crippen molar-refractivity contribution in [1.82, 2.24) is 15.5 Å². The Bertz CT molecular complexity index is 838. The van der Waals surface area contributed by atoms with Gasteiger partial charge in [-0.05, 0) is 37.0 Å². The molecule has 1 aliphatic rings. The quantitative estimate of drug-likeness (QED) is 0.213. The smallest absolute Gasteiger partial charge is 0.326 e. The fourth-order valence-electron chi connectivity index (χ4n) is 3.40. The largest absolute Gasteiger partial charge is 0.508 e. The van der Waals surface area contributed by atoms with E-state index in [0.29, 0.717) is 12.8 Å². The van der Waals surface area contributed by atoms with Crippen molar-refractivity contribution in [3.8, 4) is 5.75 Å². The average molecular weight is 485 g/mol. The van der Waals surface area contributed by atoms with E-state index < -0.39 is 47.9 Å². The van der Waals surface area contributed by atoms with Crippen LogP contribution in [0.1, 0.15) is 18.4 Å². The Morgan fingerprint density at radius 2 is 1.66 bits per heavy atom. The van der Waals surface area contributed by atoms with Crippen molar-refractivity contribution in [2.45, 2.75) is 43.4 Å². The van der Waals surface area contributed by atoms with Gasteiger partial charge in [0.25, 0.3) is 0 Å². The number of benzene rings is 1. The Morgan fingerprint density at radius 3 is 2.22 bits per heavy atom. The van der Waals surface area contributed by atoms with Crippen molar-refractivity contribution in [2.24, 2.45) is 5.73 Å². The summed E-state index contributed by atoms with van der Waals surface area (Å²) in [5.41, 5.74) is 6.67. The number of phenols is 1. The van der Waals surface area contributed by atoms with Crippen LogP contribution in [0.25, 0.3) is 0 Å². The molecule has 2 rings (SSSR count). The normalized spacial score (nSPS) is 18.5. The molecule has 10 nitrogen and oxygen atoms in total. The number of thiol groups is 2. The summed E-state index contributed by atoms with van der Waals surface area (Å²) < 4.78 is 0. The highest BCUT2D eigenvalue weighted by Gasteiger charge is 2.37. The lowest BCUT2D eigenvalue weighted by Crippen LogP contribution is -2.58. The summed E-state index contributed by atoms with van der Waals surface area (Å²) >= 11 is 8.22. The molecule has 32 heavy (non-hydrogen) atoms. The first kappa shape index (κ1) is 25.8. The van der Waals surface area contributed by atoms with Gasteiger partial charge in [0.1, 0.15) is 23.9 Å². The van der Waals surface area contributed by atoms with Gasteiger partial charge in [-0.3, -0.25) is 14.4 Å². The lowest BCUT2D eigenvalue weighted by Gasteiger charge is -2.28. The number of nitrogens with zero attached hydrogens (tertiary/aromatic N) is 1. The number of hydrogen-bond donors (Lipinski definition) is 7. The number of phenolic OH excluding ortho intramolecular Hbond substituents is 1. The van der Waals surface area contributed by atoms with Crippen LogP contribution in [-0.2, 0) is 25.6 Å². The monoisotopic (exact) mass is 484 g/mol. The number of carboxylic acid groups (broad SMARTS) is 1. The number of nitrogens with one attached hydrogen (secondary N) is 2. The second-order valence-electron chi connectivity index (χ2n) is 7.49. The number of carbonyl (C=O) groups is 4. The number of amides is 3. The SMILES string of the molecule is NC(Cc1ccc(O)cc1)C(=O)NC(CS)C(=O)NC(CS)C(=O)N1CCCC1C(=O)O. The summed E-state index contributed by atoms with van der Waals surface area (Å²) in [6, 6.07) is 2.25. The molecule has 6 N–H and O–H groups in total. The maximum atomic E-state index is 12.8. The van der Waals surface area contributed by atoms with Crippen LogP contribution < -0.4 is 16.4 Å². The molecule has 1 aromatic rings. The predicted octanol–water partition coefficient (Wildman–Crippen LogP) is -0.833. The Labute approximate surface area is 196 Å². The molecular weight excluding hydrogens is 456 g/mol. The van der Waals surface area contributed by atoms with Crippen molar-refractivity contribution in [1.29, 1.82) is 0 Å². The van der Waals surface area contributed by atoms with E-state index in [4.69, 9.17) is 5.73 Å². The minimum atomic E-state index is -1.09. The maximum Gasteiger partial charge on any atom is 0.326 e. The molecule has 176 valence electrons. The second kappa shape index (κ2) is 12.0. The minimum absolute atomic E-state index is 0.0407. The van der Waals surface area contributed by atoms with Crippen molar-refractivity contribution >= 4 is 48.9 Å². The minimum Gasteiger partial charge on any atom is -0.508 e. The van der Waals surface area contributed by atoms with Crippen LogP contribution in [0.15, 0.2) is 24.3 Å². The Hall–Kier alpha value is -2.44. The number of likely N-dealkylation sites (tertiary alicyclic amines) is 1. The molecule has 4 atom stereocenters. The van der Waals surface area contributed by atoms with E-state index in [1.165, 1.54) is 17.0 Å². The van der Waals surface area contributed by atoms with Crippen LogP contribution in [0.3, 0.4) is 0 Å². The van der Waals surface area contributed by atoms with Gasteiger partial charge in [0.15, 0.2) is 0 Å². The molecule has 0 saturated carbocycles. The van der Waals surface area contributed by atoms with Crippen LogP contribution in [-0.4, -0.2) is 81.0 Å². The number of hydrogen-bond acceptors (Lipinski definition) is 8. The molecule has 0 aromatic heterocycles. The number of carboxylic acids is 1. The van der Waals surface area contributed by atoms with Crippen LogP contribution >= 0.6 is 25.3 Å². The average Bonchev–Trinajstić information content (AvgIpc) is 3.26. The summed E-state index contributed by atoms with van der Waals surface area (Å²) in [4.78, 5) is 50.4. The van der Waals surface area contributed by atoms with Crippen LogP contribution in [0.2, 0.25) is 0 Å². The van der Waals surface area contributed by atoms with Gasteiger partial charge in [0.05, 0.1) is 6.04 Å². The molecule has 12 heteroatoms. The molecule has 1 fully saturated rings. The molecule has 0 radical (unpaired) electrons. The number of carbonyl (C=O) groups excluding carboxylic acids is 3. The first-order chi connectivity index (χ1) is 15.2. The van der Waals surface area contributed by atoms with E-state index in [1.54, 1.807) is 12.1 Å². The molecule has 1 saturated heterocycles. The predicted molar refractivity (Wildman–Crippen MR) is 124 cm³/mol. The van der Waals surface area contributed by atoms with E-state index in [1.807, 2.05) is 0 Å². The van der Waals surface area contributed by atoms with Gasteiger partial charge in [-0.2, -0.15) is 25.3 Å². The fourth-order valence-corrected chi connectivity index (χ4v) is 3.90. The van der Waals surface area contributed by atoms with Gasteiger partial charge in [0.2, 0.25) is 17.7 Å². The second-order valence-corrected chi connectivity index (χ2v) is 8.22. The lowest BCUT2D eigenvalue weighted by atomic mass is 10.1. The van der Waals surface area contributed by atoms with Gasteiger partial charge in [0, 0.05) is 18.1 Å². The standard InChI is InChI=1S/C20H28N4O6S2/c21-13(8-11-3-5-12(25)6-4-11)17(26)22-14(9-31)18(27)23-15(10-32)19(28)24-7-1-2-16(24)20(29)30/h3-6,13-16,25,31-32H,1-2,7-10,21H2,(H,22,26)(H,23,27)(H,29,30). The van der Waals surface area contributed by atoms with Crippen LogP contribution in [0.5, 0.6) is 5.75 Å². The highest BCUT2D eigenvalue weighted by atomic mass is 32.1. The third kappa shape index (κ3) is 6.78. The molecule has 4 unspecified atom stereocenters. The molecular formula is C20H28N4O6S2. The fraction of sp³-hybridized carbons (Fsp3) is 0.500. The number of nitrogens with two attached hydrogens (primary N) is 1. The third-order valence-electron chi connectivity index (χ3n) is 5.16. The van der Waals surface area contributed by atoms with Crippen LogP contribution in [0, 0.1) is 0 Å². The topological polar surface area (TPSA) is 162 Å². The third-order valence-corrected chi connectivity index (χ3v) is 5.89. The summed E-state index contributed by atoms with van der Waals surface area (Å²) in [5, 5.41) is 23.7. The zero-order valence-corrected chi connectivity index (χ0v) is 19.1. The maximum absolute atomic E-state index is 12.8. The number of aliphatic carboxylic acids is 1. The summed E-state index contributed by atoms with van der Waals surface area (Å²) in [5.74, 6) is -2.85. The number of aromatic hydroxyl groups is 1. The van der Waals surface area contributed by atoms with Crippen molar-refractivity contribution in [3.05, 3.63) is 29.8 Å². The Morgan fingerprint density at radius 1 is 1.06 bits per heavy atom. The zero-order valence-electron chi connectivity index (χ0n) is 17.3. The van der Waals surface area contributed by atoms with Gasteiger partial charge in [-0.25, -0.2) is 4.79 Å². The van der Waals surface area contributed by atoms with Crippen molar-refractivity contribution in [2.75, 3.05) is 18.1 Å². The molecule has 1 heterocycles. The van der Waals surface area contributed by atoms with Crippen molar-refractivity contribution < 1.29 is 29.4 Å². The Kier molecular flexibility index (Phi) is 9.66. The summed E-state index contributed by atoms with van der Waals surface area (Å²) in [6.07, 6.45) is 1.10. The molecule has 1 aliphatic heterocycles. The highest BCUT2D eigenvalue weighted by Crippen LogP contribution is 2.19. The van der Waals surface area contributed by atoms with Gasteiger partial charge >= 0.3 is 5.97 Å². The van der Waals surface area contributed by atoms with Gasteiger partial charge in [-0.15, -0.1) is 0 Å². The van der Waals surface area contributed by atoms with E-state index in [2.05, 4.69) is 35.9 Å². The molecule has 3 amide bonds. The lowest BCUT2D eigenvalue weighted by molar-refractivity contribution is -0.149. The number of rotatable bonds is 10. The molecule has 0 spiro atoms. The van der Waals surface area contributed by atoms with E-state index in [0.717, 1.165) is 5.56 Å². The van der Waals surface area contributed by atoms with Crippen molar-refractivity contribution in [3.63, 3.8) is 0 Å².